The second-order valence-electron chi connectivity index (χ2n) is 4.80. The van der Waals surface area contributed by atoms with E-state index in [1.165, 1.54) is 12.1 Å². The van der Waals surface area contributed by atoms with Gasteiger partial charge in [0.25, 0.3) is 0 Å². The molecule has 0 radical (unpaired) electrons. The van der Waals surface area contributed by atoms with Crippen molar-refractivity contribution < 1.29 is 12.8 Å². The zero-order valence-electron chi connectivity index (χ0n) is 11.6. The number of benzene rings is 2. The Morgan fingerprint density at radius 2 is 1.86 bits per heavy atom. The summed E-state index contributed by atoms with van der Waals surface area (Å²) in [5.74, 6) is -0.768. The minimum atomic E-state index is -3.92. The van der Waals surface area contributed by atoms with Crippen LogP contribution < -0.4 is 10.5 Å². The molecule has 0 bridgehead atoms. The topological polar surface area (TPSA) is 72.2 Å². The summed E-state index contributed by atoms with van der Waals surface area (Å²) >= 11 is 0. The van der Waals surface area contributed by atoms with E-state index in [0.29, 0.717) is 5.56 Å². The van der Waals surface area contributed by atoms with Crippen molar-refractivity contribution in [2.45, 2.75) is 17.9 Å². The quantitative estimate of drug-likeness (QED) is 0.888. The van der Waals surface area contributed by atoms with E-state index in [0.717, 1.165) is 5.56 Å². The van der Waals surface area contributed by atoms with Gasteiger partial charge in [0.1, 0.15) is 10.7 Å². The lowest BCUT2D eigenvalue weighted by atomic mass is 10.1. The number of hydrogen-bond donors (Lipinski definition) is 2. The van der Waals surface area contributed by atoms with Crippen LogP contribution in [0.15, 0.2) is 53.4 Å². The van der Waals surface area contributed by atoms with E-state index in [-0.39, 0.29) is 11.4 Å². The fourth-order valence-corrected chi connectivity index (χ4v) is 3.04. The minimum absolute atomic E-state index is 0.000334. The minimum Gasteiger partial charge on any atom is -0.323 e. The Morgan fingerprint density at radius 3 is 2.48 bits per heavy atom. The molecule has 1 atom stereocenters. The lowest BCUT2D eigenvalue weighted by molar-refractivity contribution is 0.551. The summed E-state index contributed by atoms with van der Waals surface area (Å²) in [7, 11) is -3.92. The highest BCUT2D eigenvalue weighted by Crippen LogP contribution is 2.16. The van der Waals surface area contributed by atoms with Gasteiger partial charge >= 0.3 is 0 Å². The van der Waals surface area contributed by atoms with Crippen LogP contribution in [0, 0.1) is 12.7 Å². The average molecular weight is 308 g/mol. The highest BCUT2D eigenvalue weighted by molar-refractivity contribution is 7.89. The van der Waals surface area contributed by atoms with Crippen molar-refractivity contribution in [1.29, 1.82) is 0 Å². The van der Waals surface area contributed by atoms with Crippen LogP contribution in [0.4, 0.5) is 4.39 Å². The molecule has 112 valence electrons. The van der Waals surface area contributed by atoms with Gasteiger partial charge in [-0.05, 0) is 30.2 Å². The van der Waals surface area contributed by atoms with Gasteiger partial charge in [0.05, 0.1) is 0 Å². The fourth-order valence-electron chi connectivity index (χ4n) is 1.92. The van der Waals surface area contributed by atoms with Crippen molar-refractivity contribution in [2.75, 3.05) is 6.54 Å². The Bertz CT molecular complexity index is 718. The Hall–Kier alpha value is -1.76. The van der Waals surface area contributed by atoms with E-state index in [2.05, 4.69) is 4.72 Å². The van der Waals surface area contributed by atoms with Crippen LogP contribution in [0.3, 0.4) is 0 Å². The summed E-state index contributed by atoms with van der Waals surface area (Å²) < 4.78 is 40.3. The number of nitrogens with one attached hydrogen (secondary N) is 1. The van der Waals surface area contributed by atoms with E-state index in [4.69, 9.17) is 5.73 Å². The van der Waals surface area contributed by atoms with Crippen molar-refractivity contribution in [3.63, 3.8) is 0 Å². The average Bonchev–Trinajstić information content (AvgIpc) is 2.45. The van der Waals surface area contributed by atoms with Crippen LogP contribution in [-0.4, -0.2) is 15.0 Å². The molecule has 6 heteroatoms. The molecular formula is C15H17FN2O2S. The number of halogens is 1. The number of rotatable bonds is 5. The molecule has 0 saturated heterocycles. The Balaban J connectivity index is 2.11. The Labute approximate surface area is 123 Å². The van der Waals surface area contributed by atoms with Gasteiger partial charge in [0.15, 0.2) is 0 Å². The van der Waals surface area contributed by atoms with Crippen molar-refractivity contribution in [2.24, 2.45) is 5.73 Å². The molecule has 2 aromatic rings. The molecule has 21 heavy (non-hydrogen) atoms. The van der Waals surface area contributed by atoms with E-state index >= 15 is 0 Å². The maximum absolute atomic E-state index is 13.7. The SMILES string of the molecule is Cc1ccc(S(=O)(=O)NCC(N)c2ccccc2)c(F)c1. The van der Waals surface area contributed by atoms with Crippen LogP contribution in [-0.2, 0) is 10.0 Å². The fraction of sp³-hybridized carbons (Fsp3) is 0.200. The van der Waals surface area contributed by atoms with Gasteiger partial charge in [0, 0.05) is 12.6 Å². The zero-order chi connectivity index (χ0) is 15.5. The molecule has 0 heterocycles. The molecular weight excluding hydrogens is 291 g/mol. The van der Waals surface area contributed by atoms with Crippen molar-refractivity contribution >= 4 is 10.0 Å². The Morgan fingerprint density at radius 1 is 1.19 bits per heavy atom. The normalized spacial score (nSPS) is 13.1. The maximum Gasteiger partial charge on any atom is 0.243 e. The first kappa shape index (κ1) is 15.6. The van der Waals surface area contributed by atoms with Crippen LogP contribution >= 0.6 is 0 Å². The summed E-state index contributed by atoms with van der Waals surface area (Å²) in [5, 5.41) is 0. The van der Waals surface area contributed by atoms with E-state index in [1.54, 1.807) is 13.0 Å². The summed E-state index contributed by atoms with van der Waals surface area (Å²) in [5.41, 5.74) is 7.39. The second-order valence-corrected chi connectivity index (χ2v) is 6.54. The third-order valence-corrected chi connectivity index (χ3v) is 4.55. The molecule has 0 aromatic heterocycles. The highest BCUT2D eigenvalue weighted by atomic mass is 32.2. The molecule has 0 saturated carbocycles. The largest absolute Gasteiger partial charge is 0.323 e. The van der Waals surface area contributed by atoms with Crippen LogP contribution in [0.5, 0.6) is 0 Å². The summed E-state index contributed by atoms with van der Waals surface area (Å²) in [6, 6.07) is 12.6. The smallest absolute Gasteiger partial charge is 0.243 e. The summed E-state index contributed by atoms with van der Waals surface area (Å²) in [4.78, 5) is -0.367. The van der Waals surface area contributed by atoms with E-state index in [1.807, 2.05) is 30.3 Å². The number of sulfonamides is 1. The third kappa shape index (κ3) is 3.87. The molecule has 0 aliphatic carbocycles. The van der Waals surface area contributed by atoms with Crippen LogP contribution in [0.25, 0.3) is 0 Å². The molecule has 2 aromatic carbocycles. The number of hydrogen-bond acceptors (Lipinski definition) is 3. The van der Waals surface area contributed by atoms with Gasteiger partial charge < -0.3 is 5.73 Å². The van der Waals surface area contributed by atoms with Crippen LogP contribution in [0.1, 0.15) is 17.2 Å². The van der Waals surface area contributed by atoms with Gasteiger partial charge in [-0.15, -0.1) is 0 Å². The van der Waals surface area contributed by atoms with Gasteiger partial charge in [-0.3, -0.25) is 0 Å². The monoisotopic (exact) mass is 308 g/mol. The lowest BCUT2D eigenvalue weighted by Crippen LogP contribution is -2.32. The summed E-state index contributed by atoms with van der Waals surface area (Å²) in [6.07, 6.45) is 0. The second kappa shape index (κ2) is 6.34. The van der Waals surface area contributed by atoms with Crippen molar-refractivity contribution in [3.05, 3.63) is 65.5 Å². The first-order valence-corrected chi connectivity index (χ1v) is 7.95. The van der Waals surface area contributed by atoms with Gasteiger partial charge in [-0.2, -0.15) is 0 Å². The molecule has 0 aliphatic heterocycles. The van der Waals surface area contributed by atoms with E-state index < -0.39 is 21.9 Å². The maximum atomic E-state index is 13.7. The standard InChI is InChI=1S/C15H17FN2O2S/c1-11-7-8-15(13(16)9-11)21(19,20)18-10-14(17)12-5-3-2-4-6-12/h2-9,14,18H,10,17H2,1H3. The van der Waals surface area contributed by atoms with Crippen molar-refractivity contribution in [1.82, 2.24) is 4.72 Å². The van der Waals surface area contributed by atoms with E-state index in [9.17, 15) is 12.8 Å². The molecule has 0 aliphatic rings. The lowest BCUT2D eigenvalue weighted by Gasteiger charge is -2.14. The third-order valence-electron chi connectivity index (χ3n) is 3.10. The van der Waals surface area contributed by atoms with Gasteiger partial charge in [-0.25, -0.2) is 17.5 Å². The Kier molecular flexibility index (Phi) is 4.72. The molecule has 0 fully saturated rings. The number of aryl methyl sites for hydroxylation is 1. The van der Waals surface area contributed by atoms with Crippen molar-refractivity contribution in [3.8, 4) is 0 Å². The predicted molar refractivity (Wildman–Crippen MR) is 79.7 cm³/mol. The van der Waals surface area contributed by atoms with Gasteiger partial charge in [-0.1, -0.05) is 36.4 Å². The summed E-state index contributed by atoms with van der Waals surface area (Å²) in [6.45, 7) is 1.69. The zero-order valence-corrected chi connectivity index (χ0v) is 12.4. The first-order chi connectivity index (χ1) is 9.90. The molecule has 4 nitrogen and oxygen atoms in total. The molecule has 3 N–H and O–H groups in total. The molecule has 0 spiro atoms. The van der Waals surface area contributed by atoms with Crippen LogP contribution in [0.2, 0.25) is 0 Å². The molecule has 1 unspecified atom stereocenters. The molecule has 0 amide bonds. The first-order valence-electron chi connectivity index (χ1n) is 6.46. The van der Waals surface area contributed by atoms with Gasteiger partial charge in [0.2, 0.25) is 10.0 Å². The molecule has 2 rings (SSSR count). The predicted octanol–water partition coefficient (Wildman–Crippen LogP) is 2.11. The number of nitrogens with two attached hydrogens (primary N) is 1. The highest BCUT2D eigenvalue weighted by Gasteiger charge is 2.20.